The number of pyridine rings is 1. The Bertz CT molecular complexity index is 1160. The molecule has 0 aliphatic heterocycles. The first-order valence-electron chi connectivity index (χ1n) is 10.0. The van der Waals surface area contributed by atoms with E-state index in [1.807, 2.05) is 42.5 Å². The largest absolute Gasteiger partial charge is 0.487 e. The fourth-order valence-corrected chi connectivity index (χ4v) is 4.31. The van der Waals surface area contributed by atoms with E-state index in [2.05, 4.69) is 15.0 Å². The van der Waals surface area contributed by atoms with Crippen LogP contribution in [0, 0.1) is 0 Å². The predicted molar refractivity (Wildman–Crippen MR) is 116 cm³/mol. The normalized spacial score (nSPS) is 13.5. The summed E-state index contributed by atoms with van der Waals surface area (Å²) in [5, 5.41) is 2.83. The molecule has 3 aromatic rings. The number of nitrogens with zero attached hydrogens (tertiary/aromatic N) is 1. The Labute approximate surface area is 181 Å². The Balaban J connectivity index is 1.36. The van der Waals surface area contributed by atoms with E-state index in [1.54, 1.807) is 18.3 Å². The Morgan fingerprint density at radius 2 is 1.87 bits per heavy atom. The summed E-state index contributed by atoms with van der Waals surface area (Å²) in [5.41, 5.74) is 1.99. The van der Waals surface area contributed by atoms with Gasteiger partial charge in [0.05, 0.1) is 10.6 Å². The summed E-state index contributed by atoms with van der Waals surface area (Å²) in [6.07, 6.45) is 3.42. The van der Waals surface area contributed by atoms with Crippen LogP contribution in [0.1, 0.15) is 34.5 Å². The van der Waals surface area contributed by atoms with Crippen LogP contribution < -0.4 is 14.8 Å². The maximum Gasteiger partial charge on any atom is 0.251 e. The number of amides is 1. The molecule has 1 fully saturated rings. The highest BCUT2D eigenvalue weighted by atomic mass is 32.2. The lowest BCUT2D eigenvalue weighted by atomic mass is 10.2. The van der Waals surface area contributed by atoms with Crippen LogP contribution in [0.5, 0.6) is 5.75 Å². The maximum absolute atomic E-state index is 12.6. The van der Waals surface area contributed by atoms with Gasteiger partial charge in [0, 0.05) is 24.3 Å². The van der Waals surface area contributed by atoms with Crippen LogP contribution in [-0.4, -0.2) is 25.4 Å². The number of hydrogen-bond acceptors (Lipinski definition) is 5. The number of rotatable bonds is 9. The zero-order valence-electron chi connectivity index (χ0n) is 16.8. The second-order valence-electron chi connectivity index (χ2n) is 7.36. The number of aromatic nitrogens is 1. The van der Waals surface area contributed by atoms with Gasteiger partial charge in [0.25, 0.3) is 5.91 Å². The lowest BCUT2D eigenvalue weighted by molar-refractivity contribution is 0.0950. The van der Waals surface area contributed by atoms with Gasteiger partial charge in [-0.15, -0.1) is 0 Å². The van der Waals surface area contributed by atoms with E-state index in [4.69, 9.17) is 4.74 Å². The zero-order valence-corrected chi connectivity index (χ0v) is 17.6. The first-order valence-corrected chi connectivity index (χ1v) is 11.5. The molecule has 0 spiro atoms. The summed E-state index contributed by atoms with van der Waals surface area (Å²) in [6, 6.07) is 19.1. The molecule has 1 heterocycles. The Morgan fingerprint density at radius 3 is 2.65 bits per heavy atom. The van der Waals surface area contributed by atoms with Crippen molar-refractivity contribution < 1.29 is 17.9 Å². The number of nitrogens with one attached hydrogen (secondary N) is 2. The fourth-order valence-electron chi connectivity index (χ4n) is 2.96. The first-order chi connectivity index (χ1) is 15.0. The second kappa shape index (κ2) is 9.28. The smallest absolute Gasteiger partial charge is 0.251 e. The van der Waals surface area contributed by atoms with Crippen LogP contribution in [0.2, 0.25) is 0 Å². The average Bonchev–Trinajstić information content (AvgIpc) is 3.60. The lowest BCUT2D eigenvalue weighted by Crippen LogP contribution is -2.27. The molecule has 8 heteroatoms. The van der Waals surface area contributed by atoms with Gasteiger partial charge in [0.2, 0.25) is 10.0 Å². The molecule has 2 N–H and O–H groups in total. The minimum absolute atomic E-state index is 0.00894. The van der Waals surface area contributed by atoms with Crippen LogP contribution in [0.15, 0.2) is 77.8 Å². The van der Waals surface area contributed by atoms with Crippen LogP contribution in [0.3, 0.4) is 0 Å². The molecule has 1 saturated carbocycles. The van der Waals surface area contributed by atoms with E-state index in [0.29, 0.717) is 17.9 Å². The molecule has 1 aliphatic rings. The molecular formula is C23H23N3O4S. The van der Waals surface area contributed by atoms with Crippen molar-refractivity contribution in [3.8, 4) is 5.75 Å². The molecule has 4 rings (SSSR count). The molecule has 7 nitrogen and oxygen atoms in total. The zero-order chi connectivity index (χ0) is 21.7. The van der Waals surface area contributed by atoms with Crippen molar-refractivity contribution in [1.82, 2.24) is 15.0 Å². The third-order valence-electron chi connectivity index (χ3n) is 4.77. The van der Waals surface area contributed by atoms with Crippen molar-refractivity contribution in [2.45, 2.75) is 36.9 Å². The third-order valence-corrected chi connectivity index (χ3v) is 6.29. The summed E-state index contributed by atoms with van der Waals surface area (Å²) in [5.74, 6) is 0.333. The molecule has 1 aliphatic carbocycles. The quantitative estimate of drug-likeness (QED) is 0.536. The second-order valence-corrected chi connectivity index (χ2v) is 9.08. The summed E-state index contributed by atoms with van der Waals surface area (Å²) < 4.78 is 33.1. The monoisotopic (exact) mass is 437 g/mol. The van der Waals surface area contributed by atoms with Crippen molar-refractivity contribution in [3.63, 3.8) is 0 Å². The van der Waals surface area contributed by atoms with Crippen LogP contribution in [-0.2, 0) is 23.2 Å². The highest BCUT2D eigenvalue weighted by Gasteiger charge is 2.28. The van der Waals surface area contributed by atoms with E-state index in [0.717, 1.165) is 24.1 Å². The van der Waals surface area contributed by atoms with Gasteiger partial charge < -0.3 is 10.1 Å². The van der Waals surface area contributed by atoms with Gasteiger partial charge in [-0.2, -0.15) is 0 Å². The summed E-state index contributed by atoms with van der Waals surface area (Å²) in [6.45, 7) is 0.643. The SMILES string of the molecule is O=C(NCc1cccc(OCc2ccccn2)c1)c1cccc(S(=O)(=O)NC2CC2)c1. The van der Waals surface area contributed by atoms with Gasteiger partial charge in [0.15, 0.2) is 0 Å². The minimum Gasteiger partial charge on any atom is -0.487 e. The molecule has 1 aromatic heterocycles. The minimum atomic E-state index is -3.61. The molecule has 0 bridgehead atoms. The topological polar surface area (TPSA) is 97.4 Å². The molecule has 0 unspecified atom stereocenters. The summed E-state index contributed by atoms with van der Waals surface area (Å²) >= 11 is 0. The van der Waals surface area contributed by atoms with Gasteiger partial charge in [-0.25, -0.2) is 13.1 Å². The van der Waals surface area contributed by atoms with Crippen molar-refractivity contribution in [2.75, 3.05) is 0 Å². The van der Waals surface area contributed by atoms with Crippen molar-refractivity contribution in [3.05, 3.63) is 89.7 Å². The maximum atomic E-state index is 12.6. The van der Waals surface area contributed by atoms with Crippen molar-refractivity contribution >= 4 is 15.9 Å². The van der Waals surface area contributed by atoms with Gasteiger partial charge in [-0.3, -0.25) is 9.78 Å². The molecule has 2 aromatic carbocycles. The van der Waals surface area contributed by atoms with Gasteiger partial charge >= 0.3 is 0 Å². The van der Waals surface area contributed by atoms with Gasteiger partial charge in [-0.05, 0) is 60.9 Å². The molecular weight excluding hydrogens is 414 g/mol. The number of carbonyl (C=O) groups is 1. The highest BCUT2D eigenvalue weighted by molar-refractivity contribution is 7.89. The van der Waals surface area contributed by atoms with E-state index in [9.17, 15) is 13.2 Å². The molecule has 0 radical (unpaired) electrons. The Hall–Kier alpha value is -3.23. The molecule has 1 amide bonds. The van der Waals surface area contributed by atoms with E-state index < -0.39 is 10.0 Å². The van der Waals surface area contributed by atoms with Gasteiger partial charge in [-0.1, -0.05) is 24.3 Å². The number of carbonyl (C=O) groups excluding carboxylic acids is 1. The van der Waals surface area contributed by atoms with E-state index in [1.165, 1.54) is 12.1 Å². The van der Waals surface area contributed by atoms with E-state index in [-0.39, 0.29) is 23.4 Å². The highest BCUT2D eigenvalue weighted by Crippen LogP contribution is 2.22. The van der Waals surface area contributed by atoms with Crippen LogP contribution in [0.25, 0.3) is 0 Å². The van der Waals surface area contributed by atoms with Crippen molar-refractivity contribution in [1.29, 1.82) is 0 Å². The molecule has 160 valence electrons. The standard InChI is InChI=1S/C23H23N3O4S/c27-23(18-6-4-9-22(14-18)31(28,29)26-19-10-11-19)25-15-17-5-3-8-21(13-17)30-16-20-7-1-2-12-24-20/h1-9,12-14,19,26H,10-11,15-16H2,(H,25,27). The van der Waals surface area contributed by atoms with Gasteiger partial charge in [0.1, 0.15) is 12.4 Å². The predicted octanol–water partition coefficient (Wildman–Crippen LogP) is 3.03. The Kier molecular flexibility index (Phi) is 6.29. The molecule has 0 saturated heterocycles. The number of sulfonamides is 1. The molecule has 31 heavy (non-hydrogen) atoms. The third kappa shape index (κ3) is 5.90. The Morgan fingerprint density at radius 1 is 1.03 bits per heavy atom. The van der Waals surface area contributed by atoms with E-state index >= 15 is 0 Å². The number of benzene rings is 2. The van der Waals surface area contributed by atoms with Crippen LogP contribution in [0.4, 0.5) is 0 Å². The summed E-state index contributed by atoms with van der Waals surface area (Å²) in [7, 11) is -3.61. The van der Waals surface area contributed by atoms with Crippen LogP contribution >= 0.6 is 0 Å². The lowest BCUT2D eigenvalue weighted by Gasteiger charge is -2.10. The average molecular weight is 438 g/mol. The van der Waals surface area contributed by atoms with Crippen molar-refractivity contribution in [2.24, 2.45) is 0 Å². The molecule has 0 atom stereocenters. The number of ether oxygens (including phenoxy) is 1. The number of hydrogen-bond donors (Lipinski definition) is 2. The fraction of sp³-hybridized carbons (Fsp3) is 0.217. The first kappa shape index (κ1) is 21.0. The summed E-state index contributed by atoms with van der Waals surface area (Å²) in [4.78, 5) is 16.9.